The topological polar surface area (TPSA) is 93.7 Å². The Morgan fingerprint density at radius 1 is 0.844 bits per heavy atom. The van der Waals surface area contributed by atoms with Crippen molar-refractivity contribution in [2.75, 3.05) is 23.8 Å². The molecule has 0 aromatic heterocycles. The summed E-state index contributed by atoms with van der Waals surface area (Å²) in [7, 11) is 0. The zero-order valence-corrected chi connectivity index (χ0v) is 18.8. The minimum Gasteiger partial charge on any atom is -0.484 e. The minimum atomic E-state index is -0.510. The highest BCUT2D eigenvalue weighted by atomic mass is 79.9. The number of amides is 2. The lowest BCUT2D eigenvalue weighted by Crippen LogP contribution is -2.22. The van der Waals surface area contributed by atoms with Gasteiger partial charge in [0, 0.05) is 10.2 Å². The van der Waals surface area contributed by atoms with E-state index < -0.39 is 11.9 Å². The van der Waals surface area contributed by atoms with Crippen molar-refractivity contribution in [3.05, 3.63) is 88.4 Å². The van der Waals surface area contributed by atoms with Crippen LogP contribution in [0.3, 0.4) is 0 Å². The van der Waals surface area contributed by atoms with Crippen molar-refractivity contribution >= 4 is 45.1 Å². The highest BCUT2D eigenvalue weighted by molar-refractivity contribution is 9.10. The van der Waals surface area contributed by atoms with Gasteiger partial charge in [0.15, 0.2) is 6.61 Å². The van der Waals surface area contributed by atoms with Crippen LogP contribution in [0.25, 0.3) is 0 Å². The summed E-state index contributed by atoms with van der Waals surface area (Å²) in [6.07, 6.45) is 0. The predicted molar refractivity (Wildman–Crippen MR) is 125 cm³/mol. The van der Waals surface area contributed by atoms with Gasteiger partial charge in [0.1, 0.15) is 5.75 Å². The second-order valence-corrected chi connectivity index (χ2v) is 7.42. The first-order valence-electron chi connectivity index (χ1n) is 9.82. The molecule has 0 aliphatic carbocycles. The highest BCUT2D eigenvalue weighted by Crippen LogP contribution is 2.20. The maximum absolute atomic E-state index is 12.4. The molecular formula is C24H21BrN2O5. The van der Waals surface area contributed by atoms with Crippen LogP contribution in [0.2, 0.25) is 0 Å². The summed E-state index contributed by atoms with van der Waals surface area (Å²) in [4.78, 5) is 36.6. The third kappa shape index (κ3) is 6.18. The Labute approximate surface area is 193 Å². The highest BCUT2D eigenvalue weighted by Gasteiger charge is 2.14. The van der Waals surface area contributed by atoms with Crippen LogP contribution in [0.4, 0.5) is 11.4 Å². The number of rotatable bonds is 8. The van der Waals surface area contributed by atoms with Gasteiger partial charge in [-0.15, -0.1) is 0 Å². The summed E-state index contributed by atoms with van der Waals surface area (Å²) in [5.74, 6) is -0.721. The van der Waals surface area contributed by atoms with Gasteiger partial charge in [-0.2, -0.15) is 0 Å². The van der Waals surface area contributed by atoms with E-state index in [9.17, 15) is 14.4 Å². The second kappa shape index (κ2) is 11.1. The predicted octanol–water partition coefficient (Wildman–Crippen LogP) is 4.90. The fourth-order valence-electron chi connectivity index (χ4n) is 2.79. The standard InChI is InChI=1S/C24H21BrN2O5/c1-2-31-24(30)19-8-4-6-10-21(19)27-22(28)15-32-17-13-11-16(12-14-17)26-23(29)18-7-3-5-9-20(18)25/h3-14H,2,15H2,1H3,(H,26,29)(H,27,28). The summed E-state index contributed by atoms with van der Waals surface area (Å²) in [6, 6.07) is 20.4. The van der Waals surface area contributed by atoms with E-state index >= 15 is 0 Å². The van der Waals surface area contributed by atoms with Crippen LogP contribution < -0.4 is 15.4 Å². The third-order valence-corrected chi connectivity index (χ3v) is 4.99. The molecule has 32 heavy (non-hydrogen) atoms. The molecule has 0 unspecified atom stereocenters. The molecule has 0 saturated heterocycles. The second-order valence-electron chi connectivity index (χ2n) is 6.56. The van der Waals surface area contributed by atoms with E-state index in [1.165, 1.54) is 0 Å². The van der Waals surface area contributed by atoms with Crippen molar-refractivity contribution in [2.45, 2.75) is 6.92 Å². The number of ether oxygens (including phenoxy) is 2. The lowest BCUT2D eigenvalue weighted by Gasteiger charge is -2.11. The first-order chi connectivity index (χ1) is 15.5. The molecular weight excluding hydrogens is 476 g/mol. The molecule has 7 nitrogen and oxygen atoms in total. The molecule has 0 fully saturated rings. The van der Waals surface area contributed by atoms with Crippen LogP contribution >= 0.6 is 15.9 Å². The third-order valence-electron chi connectivity index (χ3n) is 4.30. The Bertz CT molecular complexity index is 1120. The van der Waals surface area contributed by atoms with Crippen LogP contribution in [0, 0.1) is 0 Å². The number of hydrogen-bond acceptors (Lipinski definition) is 5. The summed E-state index contributed by atoms with van der Waals surface area (Å²) in [5.41, 5.74) is 1.73. The minimum absolute atomic E-state index is 0.239. The van der Waals surface area contributed by atoms with Gasteiger partial charge in [-0.05, 0) is 71.4 Å². The van der Waals surface area contributed by atoms with Crippen molar-refractivity contribution < 1.29 is 23.9 Å². The van der Waals surface area contributed by atoms with Gasteiger partial charge in [0.05, 0.1) is 23.4 Å². The smallest absolute Gasteiger partial charge is 0.340 e. The number of anilines is 2. The molecule has 3 aromatic carbocycles. The molecule has 0 bridgehead atoms. The first kappa shape index (κ1) is 23.0. The average Bonchev–Trinajstić information content (AvgIpc) is 2.79. The molecule has 0 atom stereocenters. The summed E-state index contributed by atoms with van der Waals surface area (Å²) < 4.78 is 11.2. The van der Waals surface area contributed by atoms with E-state index in [1.807, 2.05) is 6.07 Å². The molecule has 2 N–H and O–H groups in total. The average molecular weight is 497 g/mol. The number of carbonyl (C=O) groups is 3. The van der Waals surface area contributed by atoms with E-state index in [-0.39, 0.29) is 24.7 Å². The van der Waals surface area contributed by atoms with Crippen molar-refractivity contribution in [3.8, 4) is 5.75 Å². The van der Waals surface area contributed by atoms with Gasteiger partial charge in [-0.3, -0.25) is 9.59 Å². The van der Waals surface area contributed by atoms with Crippen LogP contribution in [-0.4, -0.2) is 31.0 Å². The summed E-state index contributed by atoms with van der Waals surface area (Å²) in [6.45, 7) is 1.70. The number of hydrogen-bond donors (Lipinski definition) is 2. The van der Waals surface area contributed by atoms with Gasteiger partial charge < -0.3 is 20.1 Å². The number of para-hydroxylation sites is 1. The van der Waals surface area contributed by atoms with Crippen LogP contribution in [0.5, 0.6) is 5.75 Å². The van der Waals surface area contributed by atoms with Crippen molar-refractivity contribution in [1.29, 1.82) is 0 Å². The molecule has 0 spiro atoms. The monoisotopic (exact) mass is 496 g/mol. The Morgan fingerprint density at radius 2 is 1.50 bits per heavy atom. The lowest BCUT2D eigenvalue weighted by atomic mass is 10.2. The van der Waals surface area contributed by atoms with E-state index in [4.69, 9.17) is 9.47 Å². The Morgan fingerprint density at radius 3 is 2.19 bits per heavy atom. The lowest BCUT2D eigenvalue weighted by molar-refractivity contribution is -0.118. The van der Waals surface area contributed by atoms with Gasteiger partial charge in [-0.25, -0.2) is 4.79 Å². The normalized spacial score (nSPS) is 10.2. The first-order valence-corrected chi connectivity index (χ1v) is 10.6. The van der Waals surface area contributed by atoms with Gasteiger partial charge in [-0.1, -0.05) is 24.3 Å². The van der Waals surface area contributed by atoms with E-state index in [0.717, 1.165) is 0 Å². The van der Waals surface area contributed by atoms with Crippen LogP contribution in [0.15, 0.2) is 77.3 Å². The van der Waals surface area contributed by atoms with Gasteiger partial charge >= 0.3 is 5.97 Å². The molecule has 0 aliphatic rings. The maximum Gasteiger partial charge on any atom is 0.340 e. The molecule has 0 radical (unpaired) electrons. The fourth-order valence-corrected chi connectivity index (χ4v) is 3.26. The molecule has 2 amide bonds. The summed E-state index contributed by atoms with van der Waals surface area (Å²) >= 11 is 3.36. The zero-order chi connectivity index (χ0) is 22.9. The van der Waals surface area contributed by atoms with Crippen LogP contribution in [-0.2, 0) is 9.53 Å². The number of halogens is 1. The maximum atomic E-state index is 12.4. The van der Waals surface area contributed by atoms with Crippen molar-refractivity contribution in [3.63, 3.8) is 0 Å². The molecule has 3 aromatic rings. The van der Waals surface area contributed by atoms with Crippen molar-refractivity contribution in [1.82, 2.24) is 0 Å². The quantitative estimate of drug-likeness (QED) is 0.432. The van der Waals surface area contributed by atoms with E-state index in [0.29, 0.717) is 27.2 Å². The van der Waals surface area contributed by atoms with E-state index in [2.05, 4.69) is 26.6 Å². The van der Waals surface area contributed by atoms with Gasteiger partial charge in [0.25, 0.3) is 11.8 Å². The number of carbonyl (C=O) groups excluding carboxylic acids is 3. The van der Waals surface area contributed by atoms with Crippen molar-refractivity contribution in [2.24, 2.45) is 0 Å². The van der Waals surface area contributed by atoms with E-state index in [1.54, 1.807) is 73.7 Å². The summed E-state index contributed by atoms with van der Waals surface area (Å²) in [5, 5.41) is 5.46. The molecule has 0 saturated carbocycles. The Kier molecular flexibility index (Phi) is 7.99. The largest absolute Gasteiger partial charge is 0.484 e. The molecule has 164 valence electrons. The molecule has 3 rings (SSSR count). The zero-order valence-electron chi connectivity index (χ0n) is 17.3. The number of benzene rings is 3. The number of esters is 1. The SMILES string of the molecule is CCOC(=O)c1ccccc1NC(=O)COc1ccc(NC(=O)c2ccccc2Br)cc1. The Balaban J connectivity index is 1.54. The molecule has 0 heterocycles. The molecule has 0 aliphatic heterocycles. The fraction of sp³-hybridized carbons (Fsp3) is 0.125. The van der Waals surface area contributed by atoms with Crippen LogP contribution in [0.1, 0.15) is 27.6 Å². The Hall–Kier alpha value is -3.65. The van der Waals surface area contributed by atoms with Gasteiger partial charge in [0.2, 0.25) is 0 Å². The molecule has 8 heteroatoms. The number of nitrogens with one attached hydrogen (secondary N) is 2.